The van der Waals surface area contributed by atoms with E-state index in [1.165, 1.54) is 12.3 Å². The lowest BCUT2D eigenvalue weighted by Crippen LogP contribution is -2.48. The molecule has 0 saturated heterocycles. The molecule has 0 radical (unpaired) electrons. The van der Waals surface area contributed by atoms with Crippen LogP contribution in [-0.4, -0.2) is 27.5 Å². The van der Waals surface area contributed by atoms with Crippen molar-refractivity contribution in [3.8, 4) is 0 Å². The second kappa shape index (κ2) is 5.88. The van der Waals surface area contributed by atoms with Crippen molar-refractivity contribution in [1.82, 2.24) is 0 Å². The summed E-state index contributed by atoms with van der Waals surface area (Å²) in [5, 5.41) is 1.27. The molecule has 0 aliphatic heterocycles. The topological polar surface area (TPSA) is 35.5 Å². The molecule has 0 N–H and O–H groups in total. The Bertz CT molecular complexity index is 430. The molecule has 1 aliphatic carbocycles. The molecule has 0 spiro atoms. The van der Waals surface area contributed by atoms with Crippen LogP contribution in [0.25, 0.3) is 0 Å². The highest BCUT2D eigenvalue weighted by Gasteiger charge is 2.39. The lowest BCUT2D eigenvalue weighted by molar-refractivity contribution is -0.147. The van der Waals surface area contributed by atoms with Gasteiger partial charge in [0.1, 0.15) is 0 Å². The minimum Gasteiger partial charge on any atom is -0.469 e. The third-order valence-corrected chi connectivity index (χ3v) is 6.49. The summed E-state index contributed by atoms with van der Waals surface area (Å²) in [6, 6.07) is 10.3. The molecule has 0 bridgehead atoms. The molecule has 1 aromatic carbocycles. The fourth-order valence-corrected chi connectivity index (χ4v) is 4.94. The first-order valence-corrected chi connectivity index (χ1v) is 9.76. The summed E-state index contributed by atoms with van der Waals surface area (Å²) in [7, 11) is -0.497. The largest absolute Gasteiger partial charge is 0.469 e. The minimum absolute atomic E-state index is 0.0225. The van der Waals surface area contributed by atoms with E-state index in [0.717, 1.165) is 19.3 Å². The molecule has 1 saturated carbocycles. The van der Waals surface area contributed by atoms with Crippen molar-refractivity contribution >= 4 is 19.5 Å². The molecular weight excluding hydrogens is 256 g/mol. The first kappa shape index (κ1) is 14.3. The van der Waals surface area contributed by atoms with Gasteiger partial charge < -0.3 is 9.16 Å². The zero-order valence-electron chi connectivity index (χ0n) is 11.9. The standard InChI is InChI=1S/C15H22O3Si/c1-17-15(16)13-10-7-11-14(13)18-19(2,3)12-8-5-4-6-9-12/h4-6,8-9,13-14H,7,10-11H2,1-3H3/t13-,14+/m1/s1. The van der Waals surface area contributed by atoms with Crippen molar-refractivity contribution in [3.05, 3.63) is 30.3 Å². The summed E-state index contributed by atoms with van der Waals surface area (Å²) < 4.78 is 11.2. The Balaban J connectivity index is 2.09. The van der Waals surface area contributed by atoms with Gasteiger partial charge in [0.2, 0.25) is 8.32 Å². The Morgan fingerprint density at radius 2 is 1.89 bits per heavy atom. The van der Waals surface area contributed by atoms with Crippen LogP contribution in [0, 0.1) is 5.92 Å². The number of rotatable bonds is 4. The van der Waals surface area contributed by atoms with Crippen LogP contribution in [0.5, 0.6) is 0 Å². The van der Waals surface area contributed by atoms with Crippen molar-refractivity contribution in [3.63, 3.8) is 0 Å². The van der Waals surface area contributed by atoms with Crippen LogP contribution in [0.15, 0.2) is 30.3 Å². The smallest absolute Gasteiger partial charge is 0.311 e. The summed E-state index contributed by atoms with van der Waals surface area (Å²) in [5.74, 6) is -0.208. The molecule has 2 atom stereocenters. The highest BCUT2D eigenvalue weighted by atomic mass is 28.4. The van der Waals surface area contributed by atoms with E-state index in [-0.39, 0.29) is 18.0 Å². The van der Waals surface area contributed by atoms with Crippen molar-refractivity contribution in [1.29, 1.82) is 0 Å². The third kappa shape index (κ3) is 3.25. The highest BCUT2D eigenvalue weighted by molar-refractivity contribution is 6.84. The van der Waals surface area contributed by atoms with Crippen LogP contribution >= 0.6 is 0 Å². The molecule has 4 heteroatoms. The summed E-state index contributed by atoms with van der Waals surface area (Å²) in [4.78, 5) is 11.8. The lowest BCUT2D eigenvalue weighted by atomic mass is 10.1. The average molecular weight is 278 g/mol. The molecule has 1 fully saturated rings. The molecule has 104 valence electrons. The number of methoxy groups -OCH3 is 1. The Hall–Kier alpha value is -1.13. The van der Waals surface area contributed by atoms with Gasteiger partial charge in [0.25, 0.3) is 0 Å². The van der Waals surface area contributed by atoms with Crippen LogP contribution in [0.2, 0.25) is 13.1 Å². The SMILES string of the molecule is COC(=O)[C@@H]1CCC[C@@H]1O[Si](C)(C)c1ccccc1. The van der Waals surface area contributed by atoms with E-state index >= 15 is 0 Å². The predicted molar refractivity (Wildman–Crippen MR) is 77.8 cm³/mol. The maximum Gasteiger partial charge on any atom is 0.311 e. The second-order valence-electron chi connectivity index (χ2n) is 5.59. The molecule has 0 aromatic heterocycles. The van der Waals surface area contributed by atoms with Gasteiger partial charge >= 0.3 is 5.97 Å². The van der Waals surface area contributed by atoms with Gasteiger partial charge in [-0.3, -0.25) is 4.79 Å². The maximum absolute atomic E-state index is 11.8. The number of ether oxygens (including phenoxy) is 1. The molecule has 19 heavy (non-hydrogen) atoms. The van der Waals surface area contributed by atoms with E-state index in [4.69, 9.17) is 9.16 Å². The quantitative estimate of drug-likeness (QED) is 0.627. The van der Waals surface area contributed by atoms with Gasteiger partial charge in [0, 0.05) is 0 Å². The Labute approximate surface area is 116 Å². The lowest BCUT2D eigenvalue weighted by Gasteiger charge is -2.30. The number of esters is 1. The minimum atomic E-state index is -1.95. The molecule has 1 aromatic rings. The normalized spacial score (nSPS) is 23.3. The zero-order chi connectivity index (χ0) is 13.9. The van der Waals surface area contributed by atoms with Crippen LogP contribution in [0.1, 0.15) is 19.3 Å². The molecular formula is C15H22O3Si. The summed E-state index contributed by atoms with van der Waals surface area (Å²) in [6.45, 7) is 4.38. The number of carbonyl (C=O) groups excluding carboxylic acids is 1. The fraction of sp³-hybridized carbons (Fsp3) is 0.533. The molecule has 0 amide bonds. The number of benzene rings is 1. The van der Waals surface area contributed by atoms with Crippen molar-refractivity contribution in [2.45, 2.75) is 38.5 Å². The number of hydrogen-bond acceptors (Lipinski definition) is 3. The predicted octanol–water partition coefficient (Wildman–Crippen LogP) is 2.46. The Morgan fingerprint density at radius 3 is 2.53 bits per heavy atom. The van der Waals surface area contributed by atoms with E-state index < -0.39 is 8.32 Å². The van der Waals surface area contributed by atoms with Crippen LogP contribution in [0.3, 0.4) is 0 Å². The molecule has 3 nitrogen and oxygen atoms in total. The van der Waals surface area contributed by atoms with Crippen molar-refractivity contribution in [2.24, 2.45) is 5.92 Å². The Kier molecular flexibility index (Phi) is 4.42. The number of carbonyl (C=O) groups is 1. The Morgan fingerprint density at radius 1 is 1.21 bits per heavy atom. The average Bonchev–Trinajstić information content (AvgIpc) is 2.86. The van der Waals surface area contributed by atoms with Crippen LogP contribution < -0.4 is 5.19 Å². The summed E-state index contributed by atoms with van der Waals surface area (Å²) >= 11 is 0. The van der Waals surface area contributed by atoms with Crippen LogP contribution in [0.4, 0.5) is 0 Å². The first-order valence-electron chi connectivity index (χ1n) is 6.86. The van der Waals surface area contributed by atoms with E-state index in [1.807, 2.05) is 18.2 Å². The zero-order valence-corrected chi connectivity index (χ0v) is 12.9. The van der Waals surface area contributed by atoms with E-state index in [1.54, 1.807) is 0 Å². The summed E-state index contributed by atoms with van der Waals surface area (Å²) in [6.07, 6.45) is 2.91. The third-order valence-electron chi connectivity index (χ3n) is 3.87. The van der Waals surface area contributed by atoms with Gasteiger partial charge in [0.05, 0.1) is 19.1 Å². The monoisotopic (exact) mass is 278 g/mol. The van der Waals surface area contributed by atoms with Crippen molar-refractivity contribution < 1.29 is 14.0 Å². The second-order valence-corrected chi connectivity index (χ2v) is 9.43. The number of hydrogen-bond donors (Lipinski definition) is 0. The van der Waals surface area contributed by atoms with Gasteiger partial charge in [-0.25, -0.2) is 0 Å². The maximum atomic E-state index is 11.8. The first-order chi connectivity index (χ1) is 9.04. The van der Waals surface area contributed by atoms with Gasteiger partial charge in [-0.05, 0) is 37.5 Å². The van der Waals surface area contributed by atoms with Crippen LogP contribution in [-0.2, 0) is 14.0 Å². The van der Waals surface area contributed by atoms with Gasteiger partial charge in [-0.1, -0.05) is 30.3 Å². The summed E-state index contributed by atoms with van der Waals surface area (Å²) in [5.41, 5.74) is 0. The van der Waals surface area contributed by atoms with E-state index in [9.17, 15) is 4.79 Å². The molecule has 2 rings (SSSR count). The molecule has 1 aliphatic rings. The highest BCUT2D eigenvalue weighted by Crippen LogP contribution is 2.31. The van der Waals surface area contributed by atoms with Crippen molar-refractivity contribution in [2.75, 3.05) is 7.11 Å². The molecule has 0 heterocycles. The van der Waals surface area contributed by atoms with E-state index in [2.05, 4.69) is 25.2 Å². The molecule has 0 unspecified atom stereocenters. The van der Waals surface area contributed by atoms with E-state index in [0.29, 0.717) is 0 Å². The van der Waals surface area contributed by atoms with Gasteiger partial charge in [-0.2, -0.15) is 0 Å². The van der Waals surface area contributed by atoms with Gasteiger partial charge in [0.15, 0.2) is 0 Å². The van der Waals surface area contributed by atoms with Gasteiger partial charge in [-0.15, -0.1) is 0 Å². The fourth-order valence-electron chi connectivity index (χ4n) is 2.77.